The number of hydrogen-bond acceptors (Lipinski definition) is 5. The highest BCUT2D eigenvalue weighted by molar-refractivity contribution is 5.93. The quantitative estimate of drug-likeness (QED) is 0.457. The van der Waals surface area contributed by atoms with Gasteiger partial charge < -0.3 is 16.0 Å². The Morgan fingerprint density at radius 1 is 1.23 bits per heavy atom. The van der Waals surface area contributed by atoms with Crippen LogP contribution in [0.2, 0.25) is 0 Å². The summed E-state index contributed by atoms with van der Waals surface area (Å²) < 4.78 is 40.3. The van der Waals surface area contributed by atoms with Crippen LogP contribution in [0, 0.1) is 0 Å². The van der Waals surface area contributed by atoms with Gasteiger partial charge in [0.15, 0.2) is 0 Å². The number of carbonyl (C=O) groups excluding carboxylic acids is 1. The maximum absolute atomic E-state index is 13.4. The Labute approximate surface area is 229 Å². The Morgan fingerprint density at radius 2 is 1.87 bits per heavy atom. The maximum atomic E-state index is 13.4. The number of nitrogens with zero attached hydrogens (tertiary/aromatic N) is 3. The first-order chi connectivity index (χ1) is 18.4. The Bertz CT molecular complexity index is 1200. The monoisotopic (exact) mass is 541 g/mol. The second kappa shape index (κ2) is 13.1. The molecule has 3 N–H and O–H groups in total. The molecule has 2 heterocycles. The van der Waals surface area contributed by atoms with Crippen molar-refractivity contribution in [3.8, 4) is 0 Å². The predicted molar refractivity (Wildman–Crippen MR) is 152 cm³/mol. The third kappa shape index (κ3) is 8.03. The summed E-state index contributed by atoms with van der Waals surface area (Å²) in [5.41, 5.74) is 9.12. The van der Waals surface area contributed by atoms with Crippen molar-refractivity contribution in [2.24, 2.45) is 10.7 Å². The molecule has 0 saturated carbocycles. The van der Waals surface area contributed by atoms with Crippen LogP contribution in [0.25, 0.3) is 0 Å². The van der Waals surface area contributed by atoms with Crippen molar-refractivity contribution in [2.45, 2.75) is 38.0 Å². The predicted octanol–water partition coefficient (Wildman–Crippen LogP) is 4.96. The first kappa shape index (κ1) is 30.1. The lowest BCUT2D eigenvalue weighted by Crippen LogP contribution is -2.34. The number of allylic oxidation sites excluding steroid dienone is 6. The lowest BCUT2D eigenvalue weighted by atomic mass is 9.88. The Morgan fingerprint density at radius 3 is 2.44 bits per heavy atom. The summed E-state index contributed by atoms with van der Waals surface area (Å²) in [4.78, 5) is 19.9. The van der Waals surface area contributed by atoms with Crippen molar-refractivity contribution in [2.75, 3.05) is 40.8 Å². The van der Waals surface area contributed by atoms with E-state index in [4.69, 9.17) is 5.73 Å². The van der Waals surface area contributed by atoms with Crippen molar-refractivity contribution < 1.29 is 18.0 Å². The molecule has 1 amide bonds. The van der Waals surface area contributed by atoms with E-state index in [1.54, 1.807) is 38.3 Å². The highest BCUT2D eigenvalue weighted by atomic mass is 19.4. The minimum absolute atomic E-state index is 0.00312. The van der Waals surface area contributed by atoms with Crippen molar-refractivity contribution in [1.29, 1.82) is 0 Å². The van der Waals surface area contributed by atoms with E-state index in [1.165, 1.54) is 11.8 Å². The largest absolute Gasteiger partial charge is 0.416 e. The zero-order valence-electron chi connectivity index (χ0n) is 23.1. The summed E-state index contributed by atoms with van der Waals surface area (Å²) >= 11 is 0. The SMILES string of the molecule is C=C(/C=C(\C)CN1CCC(c2ccc(C(=O)N(C)C)cc2)CC1)C(/C=C\NC)=C1/C=NC(N)C(C(F)(F)F)=C1. The molecule has 39 heavy (non-hydrogen) atoms. The normalized spacial score (nSPS) is 20.7. The molecule has 0 spiro atoms. The number of carbonyl (C=O) groups is 1. The van der Waals surface area contributed by atoms with Gasteiger partial charge in [-0.2, -0.15) is 13.2 Å². The Hall–Kier alpha value is -3.43. The number of nitrogens with one attached hydrogen (secondary N) is 1. The molecular weight excluding hydrogens is 503 g/mol. The number of halogens is 3. The fraction of sp³-hybridized carbons (Fsp3) is 0.400. The Balaban J connectivity index is 1.67. The highest BCUT2D eigenvalue weighted by Crippen LogP contribution is 2.33. The van der Waals surface area contributed by atoms with E-state index in [-0.39, 0.29) is 5.91 Å². The number of piperidine rings is 1. The minimum atomic E-state index is -4.56. The molecule has 2 aliphatic rings. The van der Waals surface area contributed by atoms with Crippen LogP contribution in [0.3, 0.4) is 0 Å². The van der Waals surface area contributed by atoms with Crippen LogP contribution >= 0.6 is 0 Å². The second-order valence-corrected chi connectivity index (χ2v) is 10.2. The van der Waals surface area contributed by atoms with Gasteiger partial charge in [-0.15, -0.1) is 0 Å². The molecule has 0 aliphatic carbocycles. The summed E-state index contributed by atoms with van der Waals surface area (Å²) in [7, 11) is 5.20. The van der Waals surface area contributed by atoms with E-state index in [2.05, 4.69) is 33.9 Å². The summed E-state index contributed by atoms with van der Waals surface area (Å²) in [6.45, 7) is 8.74. The molecule has 1 aromatic rings. The number of aliphatic imine (C=N–C) groups is 1. The van der Waals surface area contributed by atoms with Crippen LogP contribution in [0.4, 0.5) is 13.2 Å². The van der Waals surface area contributed by atoms with Crippen LogP contribution < -0.4 is 11.1 Å². The van der Waals surface area contributed by atoms with E-state index in [0.29, 0.717) is 28.2 Å². The zero-order chi connectivity index (χ0) is 28.7. The van der Waals surface area contributed by atoms with Gasteiger partial charge in [0.2, 0.25) is 0 Å². The molecule has 1 atom stereocenters. The summed E-state index contributed by atoms with van der Waals surface area (Å²) in [6, 6.07) is 7.91. The topological polar surface area (TPSA) is 74.0 Å². The number of dihydropyridines is 1. The molecule has 0 bridgehead atoms. The van der Waals surface area contributed by atoms with Crippen molar-refractivity contribution >= 4 is 12.1 Å². The molecular formula is C30H38F3N5O. The minimum Gasteiger partial charge on any atom is -0.394 e. The van der Waals surface area contributed by atoms with Gasteiger partial charge in [0.05, 0.1) is 5.57 Å². The molecule has 9 heteroatoms. The number of amides is 1. The molecule has 2 aliphatic heterocycles. The van der Waals surface area contributed by atoms with Crippen LogP contribution in [0.1, 0.15) is 41.6 Å². The second-order valence-electron chi connectivity index (χ2n) is 10.2. The molecule has 3 rings (SSSR count). The maximum Gasteiger partial charge on any atom is 0.416 e. The lowest BCUT2D eigenvalue weighted by molar-refractivity contribution is -0.0954. The average molecular weight is 542 g/mol. The number of likely N-dealkylation sites (tertiary alicyclic amines) is 1. The molecule has 1 unspecified atom stereocenters. The molecule has 1 aromatic carbocycles. The zero-order valence-corrected chi connectivity index (χ0v) is 23.1. The van der Waals surface area contributed by atoms with Crippen molar-refractivity contribution in [1.82, 2.24) is 15.1 Å². The van der Waals surface area contributed by atoms with Gasteiger partial charge in [-0.25, -0.2) is 0 Å². The fourth-order valence-electron chi connectivity index (χ4n) is 4.84. The lowest BCUT2D eigenvalue weighted by Gasteiger charge is -2.32. The standard InChI is InChI=1S/C30H38F3N5O/c1-20(16-21(2)26(10-13-35-3)25-17-27(30(31,32)33)28(34)36-18-25)19-38-14-11-23(12-15-38)22-6-8-24(9-7-22)29(39)37(4)5/h6-10,13,16-18,23,28,35H,2,11-12,14-15,19,34H2,1,3-5H3/b13-10-,20-16+,26-25+. The van der Waals surface area contributed by atoms with Crippen LogP contribution in [-0.4, -0.2) is 75.0 Å². The highest BCUT2D eigenvalue weighted by Gasteiger charge is 2.38. The van der Waals surface area contributed by atoms with Gasteiger partial charge >= 0.3 is 6.18 Å². The fourth-order valence-corrected chi connectivity index (χ4v) is 4.84. The summed E-state index contributed by atoms with van der Waals surface area (Å²) in [5.74, 6) is 0.440. The molecule has 6 nitrogen and oxygen atoms in total. The van der Waals surface area contributed by atoms with Gasteiger partial charge in [0.25, 0.3) is 5.91 Å². The van der Waals surface area contributed by atoms with E-state index in [1.807, 2.05) is 25.1 Å². The number of nitrogens with two attached hydrogens (primary N) is 1. The van der Waals surface area contributed by atoms with E-state index in [0.717, 1.165) is 44.1 Å². The van der Waals surface area contributed by atoms with Gasteiger partial charge in [-0.3, -0.25) is 14.7 Å². The number of hydrogen-bond donors (Lipinski definition) is 2. The number of rotatable bonds is 8. The first-order valence-electron chi connectivity index (χ1n) is 13.0. The molecule has 1 fully saturated rings. The number of benzene rings is 1. The molecule has 0 aromatic heterocycles. The smallest absolute Gasteiger partial charge is 0.394 e. The first-order valence-corrected chi connectivity index (χ1v) is 13.0. The average Bonchev–Trinajstić information content (AvgIpc) is 2.89. The molecule has 0 radical (unpaired) electrons. The van der Waals surface area contributed by atoms with E-state index >= 15 is 0 Å². The van der Waals surface area contributed by atoms with E-state index in [9.17, 15) is 18.0 Å². The van der Waals surface area contributed by atoms with Gasteiger partial charge in [0.1, 0.15) is 6.17 Å². The van der Waals surface area contributed by atoms with Crippen LogP contribution in [0.15, 0.2) is 88.1 Å². The summed E-state index contributed by atoms with van der Waals surface area (Å²) in [5, 5.41) is 2.88. The van der Waals surface area contributed by atoms with E-state index < -0.39 is 17.9 Å². The molecule has 1 saturated heterocycles. The van der Waals surface area contributed by atoms with Crippen LogP contribution in [0.5, 0.6) is 0 Å². The molecule has 210 valence electrons. The van der Waals surface area contributed by atoms with Crippen LogP contribution in [-0.2, 0) is 0 Å². The van der Waals surface area contributed by atoms with Gasteiger partial charge in [-0.05, 0) is 86.0 Å². The van der Waals surface area contributed by atoms with Gasteiger partial charge in [0, 0.05) is 45.0 Å². The van der Waals surface area contributed by atoms with Crippen molar-refractivity contribution in [3.63, 3.8) is 0 Å². The van der Waals surface area contributed by atoms with Gasteiger partial charge in [-0.1, -0.05) is 30.4 Å². The third-order valence-corrected chi connectivity index (χ3v) is 6.92. The number of alkyl halides is 3. The Kier molecular flexibility index (Phi) is 10.1. The summed E-state index contributed by atoms with van der Waals surface area (Å²) in [6.07, 6.45) is 3.70. The van der Waals surface area contributed by atoms with Crippen molar-refractivity contribution in [3.05, 3.63) is 94.3 Å². The third-order valence-electron chi connectivity index (χ3n) is 6.92.